The molecule has 0 spiro atoms. The van der Waals surface area contributed by atoms with E-state index in [4.69, 9.17) is 9.47 Å². The van der Waals surface area contributed by atoms with E-state index in [1.165, 1.54) is 11.9 Å². The number of hydrogen-bond donors (Lipinski definition) is 2. The summed E-state index contributed by atoms with van der Waals surface area (Å²) in [5.41, 5.74) is 2.63. The number of methoxy groups -OCH3 is 2. The minimum Gasteiger partial charge on any atom is -0.497 e. The second-order valence-electron chi connectivity index (χ2n) is 8.73. The zero-order valence-electron chi connectivity index (χ0n) is 21.0. The molecule has 0 aliphatic carbocycles. The molecule has 0 radical (unpaired) electrons. The number of carboxylic acid groups (broad SMARTS) is 1. The van der Waals surface area contributed by atoms with Gasteiger partial charge in [0.1, 0.15) is 17.3 Å². The number of aromatic nitrogens is 2. The molecule has 2 N–H and O–H groups in total. The third-order valence-electron chi connectivity index (χ3n) is 6.41. The number of nitrogens with one attached hydrogen (secondary N) is 1. The molecular formula is C26H32N6O4. The third-order valence-corrected chi connectivity index (χ3v) is 6.41. The van der Waals surface area contributed by atoms with Gasteiger partial charge in [-0.05, 0) is 62.5 Å². The lowest BCUT2D eigenvalue weighted by atomic mass is 10.1. The quantitative estimate of drug-likeness (QED) is 0.482. The Bertz CT molecular complexity index is 1190. The molecule has 1 fully saturated rings. The van der Waals surface area contributed by atoms with Gasteiger partial charge in [-0.2, -0.15) is 4.98 Å². The molecule has 2 aromatic carbocycles. The highest BCUT2D eigenvalue weighted by molar-refractivity contribution is 5.85. The molecule has 36 heavy (non-hydrogen) atoms. The average Bonchev–Trinajstić information content (AvgIpc) is 2.89. The second-order valence-corrected chi connectivity index (χ2v) is 8.73. The number of ether oxygens (including phenoxy) is 2. The minimum absolute atomic E-state index is 0.0320. The number of amides is 1. The van der Waals surface area contributed by atoms with Crippen LogP contribution in [-0.4, -0.2) is 73.0 Å². The molecule has 2 heterocycles. The number of nitrogens with zero attached hydrogens (tertiary/aromatic N) is 5. The summed E-state index contributed by atoms with van der Waals surface area (Å²) >= 11 is 0. The van der Waals surface area contributed by atoms with Gasteiger partial charge in [-0.15, -0.1) is 0 Å². The highest BCUT2D eigenvalue weighted by Crippen LogP contribution is 2.28. The van der Waals surface area contributed by atoms with Gasteiger partial charge >= 0.3 is 6.09 Å². The van der Waals surface area contributed by atoms with Crippen molar-refractivity contribution in [3.63, 3.8) is 0 Å². The maximum absolute atomic E-state index is 12.1. The summed E-state index contributed by atoms with van der Waals surface area (Å²) in [7, 11) is 5.25. The molecule has 10 nitrogen and oxygen atoms in total. The molecule has 0 saturated carbocycles. The van der Waals surface area contributed by atoms with E-state index in [0.717, 1.165) is 30.2 Å². The summed E-state index contributed by atoms with van der Waals surface area (Å²) in [5.74, 6) is 1.71. The number of benzene rings is 2. The maximum Gasteiger partial charge on any atom is 0.413 e. The van der Waals surface area contributed by atoms with Crippen molar-refractivity contribution < 1.29 is 19.4 Å². The third kappa shape index (κ3) is 5.77. The van der Waals surface area contributed by atoms with Crippen molar-refractivity contribution in [3.8, 4) is 11.5 Å². The summed E-state index contributed by atoms with van der Waals surface area (Å²) in [6.45, 7) is 5.27. The van der Waals surface area contributed by atoms with Crippen LogP contribution in [0, 0.1) is 0 Å². The SMILES string of the molecule is COc1ccc(OC)c(CN(C(=O)O)c2ccnc(Nc3ccc(N4CCN(C)C(C)C4)cc3)n2)c1. The molecule has 1 unspecified atom stereocenters. The van der Waals surface area contributed by atoms with E-state index in [1.807, 2.05) is 12.1 Å². The van der Waals surface area contributed by atoms with Crippen molar-refractivity contribution in [2.24, 2.45) is 0 Å². The first-order valence-corrected chi connectivity index (χ1v) is 11.7. The molecule has 1 saturated heterocycles. The van der Waals surface area contributed by atoms with Gasteiger partial charge in [0, 0.05) is 48.8 Å². The van der Waals surface area contributed by atoms with Crippen molar-refractivity contribution in [1.82, 2.24) is 14.9 Å². The average molecular weight is 493 g/mol. The lowest BCUT2D eigenvalue weighted by Crippen LogP contribution is -2.50. The molecule has 0 bridgehead atoms. The molecule has 1 aliphatic rings. The lowest BCUT2D eigenvalue weighted by Gasteiger charge is -2.39. The van der Waals surface area contributed by atoms with E-state index in [1.54, 1.807) is 38.5 Å². The van der Waals surface area contributed by atoms with Crippen molar-refractivity contribution in [2.75, 3.05) is 56.0 Å². The van der Waals surface area contributed by atoms with Gasteiger partial charge in [-0.3, -0.25) is 4.90 Å². The first-order chi connectivity index (χ1) is 17.4. The van der Waals surface area contributed by atoms with Crippen LogP contribution in [0.4, 0.5) is 27.9 Å². The summed E-state index contributed by atoms with van der Waals surface area (Å²) in [4.78, 5) is 26.7. The van der Waals surface area contributed by atoms with Crippen LogP contribution in [-0.2, 0) is 6.54 Å². The Labute approximate surface area is 211 Å². The van der Waals surface area contributed by atoms with Crippen molar-refractivity contribution in [2.45, 2.75) is 19.5 Å². The van der Waals surface area contributed by atoms with Gasteiger partial charge in [0.15, 0.2) is 0 Å². The van der Waals surface area contributed by atoms with Crippen LogP contribution in [0.5, 0.6) is 11.5 Å². The van der Waals surface area contributed by atoms with Gasteiger partial charge in [0.25, 0.3) is 0 Å². The first-order valence-electron chi connectivity index (χ1n) is 11.7. The highest BCUT2D eigenvalue weighted by atomic mass is 16.5. The van der Waals surface area contributed by atoms with Crippen LogP contribution >= 0.6 is 0 Å². The molecule has 190 valence electrons. The lowest BCUT2D eigenvalue weighted by molar-refractivity contribution is 0.201. The molecule has 1 aliphatic heterocycles. The van der Waals surface area contributed by atoms with Gasteiger partial charge in [-0.25, -0.2) is 9.78 Å². The number of carbonyl (C=O) groups is 1. The van der Waals surface area contributed by atoms with E-state index >= 15 is 0 Å². The van der Waals surface area contributed by atoms with E-state index in [9.17, 15) is 9.90 Å². The van der Waals surface area contributed by atoms with Crippen LogP contribution in [0.25, 0.3) is 0 Å². The van der Waals surface area contributed by atoms with Crippen LogP contribution in [0.1, 0.15) is 12.5 Å². The van der Waals surface area contributed by atoms with Gasteiger partial charge in [-0.1, -0.05) is 0 Å². The molecule has 1 atom stereocenters. The molecule has 1 amide bonds. The standard InChI is InChI=1S/C26H32N6O4/c1-18-16-31(14-13-30(18)2)21-7-5-20(6-8-21)28-25-27-12-11-24(29-25)32(26(33)34)17-19-15-22(35-3)9-10-23(19)36-4/h5-12,15,18H,13-14,16-17H2,1-4H3,(H,33,34)(H,27,28,29). The van der Waals surface area contributed by atoms with Crippen LogP contribution in [0.3, 0.4) is 0 Å². The number of anilines is 4. The predicted octanol–water partition coefficient (Wildman–Crippen LogP) is 4.06. The Balaban J connectivity index is 1.49. The number of hydrogen-bond acceptors (Lipinski definition) is 8. The number of piperazine rings is 1. The minimum atomic E-state index is -1.14. The number of likely N-dealkylation sites (N-methyl/N-ethyl adjacent to an activating group) is 1. The molecule has 1 aromatic heterocycles. The second kappa shape index (κ2) is 11.1. The van der Waals surface area contributed by atoms with Crippen molar-refractivity contribution >= 4 is 29.2 Å². The molecule has 3 aromatic rings. The summed E-state index contributed by atoms with van der Waals surface area (Å²) in [5, 5.41) is 13.1. The summed E-state index contributed by atoms with van der Waals surface area (Å²) < 4.78 is 10.7. The summed E-state index contributed by atoms with van der Waals surface area (Å²) in [6, 6.07) is 15.4. The molecular weight excluding hydrogens is 460 g/mol. The Morgan fingerprint density at radius 2 is 1.92 bits per heavy atom. The zero-order valence-corrected chi connectivity index (χ0v) is 21.0. The Morgan fingerprint density at radius 3 is 2.58 bits per heavy atom. The Hall–Kier alpha value is -4.05. The van der Waals surface area contributed by atoms with E-state index < -0.39 is 6.09 Å². The maximum atomic E-state index is 12.1. The molecule has 4 rings (SSSR count). The van der Waals surface area contributed by atoms with E-state index in [-0.39, 0.29) is 12.4 Å². The smallest absolute Gasteiger partial charge is 0.413 e. The number of rotatable bonds is 8. The molecule has 10 heteroatoms. The van der Waals surface area contributed by atoms with Crippen LogP contribution in [0.15, 0.2) is 54.7 Å². The zero-order chi connectivity index (χ0) is 25.7. The highest BCUT2D eigenvalue weighted by Gasteiger charge is 2.21. The van der Waals surface area contributed by atoms with Gasteiger partial charge in [0.05, 0.1) is 20.8 Å². The Kier molecular flexibility index (Phi) is 7.74. The fourth-order valence-corrected chi connectivity index (χ4v) is 4.15. The fourth-order valence-electron chi connectivity index (χ4n) is 4.15. The first kappa shape index (κ1) is 25.1. The van der Waals surface area contributed by atoms with E-state index in [0.29, 0.717) is 29.1 Å². The van der Waals surface area contributed by atoms with Crippen LogP contribution < -0.4 is 24.6 Å². The van der Waals surface area contributed by atoms with Crippen LogP contribution in [0.2, 0.25) is 0 Å². The van der Waals surface area contributed by atoms with Crippen molar-refractivity contribution in [3.05, 3.63) is 60.3 Å². The van der Waals surface area contributed by atoms with E-state index in [2.05, 4.69) is 51.2 Å². The monoisotopic (exact) mass is 492 g/mol. The predicted molar refractivity (Wildman–Crippen MR) is 140 cm³/mol. The summed E-state index contributed by atoms with van der Waals surface area (Å²) in [6.07, 6.45) is 0.388. The topological polar surface area (TPSA) is 103 Å². The van der Waals surface area contributed by atoms with Crippen molar-refractivity contribution in [1.29, 1.82) is 0 Å². The van der Waals surface area contributed by atoms with Gasteiger partial charge < -0.3 is 29.7 Å². The fraction of sp³-hybridized carbons (Fsp3) is 0.346. The largest absolute Gasteiger partial charge is 0.497 e. The normalized spacial score (nSPS) is 15.9. The van der Waals surface area contributed by atoms with Gasteiger partial charge in [0.2, 0.25) is 5.95 Å². The Morgan fingerprint density at radius 1 is 1.14 bits per heavy atom.